The number of terminal acetylenes is 1. The Morgan fingerprint density at radius 1 is 1.67 bits per heavy atom. The van der Waals surface area contributed by atoms with Crippen LogP contribution in [0.4, 0.5) is 0 Å². The molecule has 0 unspecified atom stereocenters. The first kappa shape index (κ1) is 6.60. The molecule has 2 atom stereocenters. The van der Waals surface area contributed by atoms with Crippen LogP contribution in [0.25, 0.3) is 0 Å². The largest absolute Gasteiger partial charge is 0.360 e. The molecule has 1 aliphatic heterocycles. The standard InChI is InChI=1S/C7H11NO/c1-3-7-5-8-4-6(2)9-7/h1,6-8H,4-5H2,2H3/t6-,7+/m1/s1. The topological polar surface area (TPSA) is 21.3 Å². The van der Waals surface area contributed by atoms with E-state index in [4.69, 9.17) is 11.2 Å². The van der Waals surface area contributed by atoms with Crippen molar-refractivity contribution in [1.29, 1.82) is 0 Å². The summed E-state index contributed by atoms with van der Waals surface area (Å²) < 4.78 is 5.34. The predicted octanol–water partition coefficient (Wildman–Crippen LogP) is -0.00350. The van der Waals surface area contributed by atoms with Gasteiger partial charge in [-0.1, -0.05) is 5.92 Å². The molecule has 0 radical (unpaired) electrons. The Bertz CT molecular complexity index is 127. The van der Waals surface area contributed by atoms with Crippen molar-refractivity contribution in [2.45, 2.75) is 19.1 Å². The lowest BCUT2D eigenvalue weighted by Crippen LogP contribution is -2.42. The molecule has 1 heterocycles. The van der Waals surface area contributed by atoms with Gasteiger partial charge in [0.25, 0.3) is 0 Å². The van der Waals surface area contributed by atoms with Gasteiger partial charge in [0.1, 0.15) is 6.10 Å². The molecule has 0 amide bonds. The van der Waals surface area contributed by atoms with Crippen molar-refractivity contribution in [3.63, 3.8) is 0 Å². The van der Waals surface area contributed by atoms with Crippen molar-refractivity contribution in [3.8, 4) is 12.3 Å². The summed E-state index contributed by atoms with van der Waals surface area (Å²) in [6, 6.07) is 0. The van der Waals surface area contributed by atoms with E-state index in [1.54, 1.807) is 0 Å². The third-order valence-electron chi connectivity index (χ3n) is 1.34. The molecule has 9 heavy (non-hydrogen) atoms. The molecule has 1 aliphatic rings. The van der Waals surface area contributed by atoms with Crippen molar-refractivity contribution in [2.75, 3.05) is 13.1 Å². The molecule has 0 aliphatic carbocycles. The van der Waals surface area contributed by atoms with E-state index in [1.165, 1.54) is 0 Å². The zero-order valence-corrected chi connectivity index (χ0v) is 5.55. The Morgan fingerprint density at radius 3 is 2.89 bits per heavy atom. The summed E-state index contributed by atoms with van der Waals surface area (Å²) in [7, 11) is 0. The molecule has 2 heteroatoms. The van der Waals surface area contributed by atoms with E-state index in [9.17, 15) is 0 Å². The highest BCUT2D eigenvalue weighted by Gasteiger charge is 2.15. The number of nitrogens with one attached hydrogen (secondary N) is 1. The Hall–Kier alpha value is -0.520. The zero-order valence-electron chi connectivity index (χ0n) is 5.55. The summed E-state index contributed by atoms with van der Waals surface area (Å²) in [5.74, 6) is 2.55. The average molecular weight is 125 g/mol. The minimum atomic E-state index is -0.0197. The minimum absolute atomic E-state index is 0.0197. The molecule has 50 valence electrons. The van der Waals surface area contributed by atoms with Gasteiger partial charge in [0, 0.05) is 13.1 Å². The first-order chi connectivity index (χ1) is 4.33. The van der Waals surface area contributed by atoms with Gasteiger partial charge in [-0.2, -0.15) is 0 Å². The van der Waals surface area contributed by atoms with Crippen LogP contribution in [0.1, 0.15) is 6.92 Å². The van der Waals surface area contributed by atoms with Gasteiger partial charge in [-0.15, -0.1) is 6.42 Å². The van der Waals surface area contributed by atoms with Crippen molar-refractivity contribution >= 4 is 0 Å². The number of hydrogen-bond donors (Lipinski definition) is 1. The van der Waals surface area contributed by atoms with Crippen molar-refractivity contribution in [2.24, 2.45) is 0 Å². The Labute approximate surface area is 55.6 Å². The van der Waals surface area contributed by atoms with Crippen molar-refractivity contribution in [1.82, 2.24) is 5.32 Å². The normalized spacial score (nSPS) is 35.6. The van der Waals surface area contributed by atoms with Gasteiger partial charge >= 0.3 is 0 Å². The Kier molecular flexibility index (Phi) is 2.10. The summed E-state index contributed by atoms with van der Waals surface area (Å²) in [6.07, 6.45) is 5.39. The van der Waals surface area contributed by atoms with E-state index in [1.807, 2.05) is 6.92 Å². The second-order valence-corrected chi connectivity index (χ2v) is 2.26. The van der Waals surface area contributed by atoms with Gasteiger partial charge in [0.15, 0.2) is 0 Å². The number of hydrogen-bond acceptors (Lipinski definition) is 2. The maximum absolute atomic E-state index is 5.34. The van der Waals surface area contributed by atoms with Gasteiger partial charge in [-0.25, -0.2) is 0 Å². The van der Waals surface area contributed by atoms with Gasteiger partial charge in [0.05, 0.1) is 6.10 Å². The highest BCUT2D eigenvalue weighted by Crippen LogP contribution is 2.00. The monoisotopic (exact) mass is 125 g/mol. The first-order valence-corrected chi connectivity index (χ1v) is 3.15. The Balaban J connectivity index is 2.34. The average Bonchev–Trinajstić information content (AvgIpc) is 1.88. The summed E-state index contributed by atoms with van der Waals surface area (Å²) in [5.41, 5.74) is 0. The lowest BCUT2D eigenvalue weighted by Gasteiger charge is -2.24. The molecular weight excluding hydrogens is 114 g/mol. The van der Waals surface area contributed by atoms with Gasteiger partial charge < -0.3 is 10.1 Å². The third kappa shape index (κ3) is 1.70. The fourth-order valence-corrected chi connectivity index (χ4v) is 0.893. The van der Waals surface area contributed by atoms with Gasteiger partial charge in [-0.3, -0.25) is 0 Å². The molecule has 0 saturated carbocycles. The molecule has 1 N–H and O–H groups in total. The van der Waals surface area contributed by atoms with Crippen LogP contribution in [0.2, 0.25) is 0 Å². The van der Waals surface area contributed by atoms with Crippen molar-refractivity contribution in [3.05, 3.63) is 0 Å². The smallest absolute Gasteiger partial charge is 0.130 e. The number of morpholine rings is 1. The Morgan fingerprint density at radius 2 is 2.44 bits per heavy atom. The minimum Gasteiger partial charge on any atom is -0.360 e. The van der Waals surface area contributed by atoms with Crippen molar-refractivity contribution < 1.29 is 4.74 Å². The van der Waals surface area contributed by atoms with Crippen LogP contribution in [-0.4, -0.2) is 25.3 Å². The van der Waals surface area contributed by atoms with E-state index in [2.05, 4.69) is 11.2 Å². The van der Waals surface area contributed by atoms with Crippen LogP contribution in [0.15, 0.2) is 0 Å². The van der Waals surface area contributed by atoms with Crippen LogP contribution in [0.3, 0.4) is 0 Å². The van der Waals surface area contributed by atoms with Gasteiger partial charge in [0.2, 0.25) is 0 Å². The summed E-state index contributed by atoms with van der Waals surface area (Å²) in [5, 5.41) is 3.17. The van der Waals surface area contributed by atoms with Crippen LogP contribution in [0, 0.1) is 12.3 Å². The first-order valence-electron chi connectivity index (χ1n) is 3.15. The van der Waals surface area contributed by atoms with Crippen LogP contribution >= 0.6 is 0 Å². The zero-order chi connectivity index (χ0) is 6.69. The molecule has 0 aromatic rings. The second kappa shape index (κ2) is 2.86. The second-order valence-electron chi connectivity index (χ2n) is 2.26. The molecule has 1 saturated heterocycles. The highest BCUT2D eigenvalue weighted by atomic mass is 16.5. The number of ether oxygens (including phenoxy) is 1. The summed E-state index contributed by atoms with van der Waals surface area (Å²) in [6.45, 7) is 3.72. The molecule has 0 bridgehead atoms. The van der Waals surface area contributed by atoms with E-state index >= 15 is 0 Å². The predicted molar refractivity (Wildman–Crippen MR) is 36.0 cm³/mol. The maximum atomic E-state index is 5.34. The van der Waals surface area contributed by atoms with Crippen LogP contribution in [0.5, 0.6) is 0 Å². The molecule has 0 aromatic carbocycles. The van der Waals surface area contributed by atoms with Crippen LogP contribution in [-0.2, 0) is 4.74 Å². The van der Waals surface area contributed by atoms with Crippen LogP contribution < -0.4 is 5.32 Å². The summed E-state index contributed by atoms with van der Waals surface area (Å²) in [4.78, 5) is 0. The molecule has 1 fully saturated rings. The van der Waals surface area contributed by atoms with E-state index < -0.39 is 0 Å². The molecule has 1 rings (SSSR count). The van der Waals surface area contributed by atoms with E-state index in [-0.39, 0.29) is 12.2 Å². The maximum Gasteiger partial charge on any atom is 0.130 e. The molecule has 0 spiro atoms. The van der Waals surface area contributed by atoms with Gasteiger partial charge in [-0.05, 0) is 6.92 Å². The summed E-state index contributed by atoms with van der Waals surface area (Å²) >= 11 is 0. The van der Waals surface area contributed by atoms with E-state index in [0.717, 1.165) is 13.1 Å². The van der Waals surface area contributed by atoms with E-state index in [0.29, 0.717) is 0 Å². The lowest BCUT2D eigenvalue weighted by atomic mass is 10.2. The molecule has 0 aromatic heterocycles. The third-order valence-corrected chi connectivity index (χ3v) is 1.34. The molecule has 2 nitrogen and oxygen atoms in total. The fraction of sp³-hybridized carbons (Fsp3) is 0.714. The fourth-order valence-electron chi connectivity index (χ4n) is 0.893. The molecular formula is C7H11NO. The highest BCUT2D eigenvalue weighted by molar-refractivity contribution is 4.97. The SMILES string of the molecule is C#C[C@H]1CNC[C@@H](C)O1. The lowest BCUT2D eigenvalue weighted by molar-refractivity contribution is 0.00363. The quantitative estimate of drug-likeness (QED) is 0.460. The number of rotatable bonds is 0.